The first-order valence-corrected chi connectivity index (χ1v) is 6.63. The molecular weight excluding hydrogens is 200 g/mol. The van der Waals surface area contributed by atoms with Gasteiger partial charge in [0.05, 0.1) is 0 Å². The van der Waals surface area contributed by atoms with Crippen molar-refractivity contribution in [3.05, 3.63) is 0 Å². The van der Waals surface area contributed by atoms with E-state index in [2.05, 4.69) is 19.2 Å². The third kappa shape index (κ3) is 4.52. The van der Waals surface area contributed by atoms with E-state index in [-0.39, 0.29) is 5.91 Å². The Kier molecular flexibility index (Phi) is 5.81. The van der Waals surface area contributed by atoms with Crippen molar-refractivity contribution in [2.45, 2.75) is 58.4 Å². The summed E-state index contributed by atoms with van der Waals surface area (Å²) in [4.78, 5) is 10.6. The molecule has 1 fully saturated rings. The van der Waals surface area contributed by atoms with Gasteiger partial charge in [0.15, 0.2) is 0 Å². The van der Waals surface area contributed by atoms with Gasteiger partial charge in [-0.25, -0.2) is 0 Å². The predicted octanol–water partition coefficient (Wildman–Crippen LogP) is 2.06. The van der Waals surface area contributed by atoms with Gasteiger partial charge in [-0.1, -0.05) is 26.7 Å². The van der Waals surface area contributed by atoms with Crippen molar-refractivity contribution in [3.63, 3.8) is 0 Å². The van der Waals surface area contributed by atoms with Crippen molar-refractivity contribution in [1.82, 2.24) is 5.32 Å². The fourth-order valence-electron chi connectivity index (χ4n) is 2.58. The van der Waals surface area contributed by atoms with Crippen LogP contribution in [0.5, 0.6) is 0 Å². The molecule has 1 amide bonds. The Morgan fingerprint density at radius 3 is 2.75 bits per heavy atom. The smallest absolute Gasteiger partial charge is 0.217 e. The topological polar surface area (TPSA) is 55.1 Å². The van der Waals surface area contributed by atoms with Crippen LogP contribution in [0.15, 0.2) is 0 Å². The molecule has 3 N–H and O–H groups in total. The Bertz CT molecular complexity index is 218. The van der Waals surface area contributed by atoms with E-state index in [1.165, 1.54) is 19.3 Å². The molecule has 0 aromatic rings. The van der Waals surface area contributed by atoms with Crippen LogP contribution in [0.4, 0.5) is 0 Å². The number of hydrogen-bond acceptors (Lipinski definition) is 2. The minimum Gasteiger partial charge on any atom is -0.370 e. The highest BCUT2D eigenvalue weighted by atomic mass is 16.1. The lowest BCUT2D eigenvalue weighted by molar-refractivity contribution is -0.118. The summed E-state index contributed by atoms with van der Waals surface area (Å²) in [7, 11) is 0. The number of primary amides is 1. The number of amides is 1. The zero-order valence-corrected chi connectivity index (χ0v) is 10.7. The van der Waals surface area contributed by atoms with Crippen LogP contribution in [0.1, 0.15) is 52.4 Å². The quantitative estimate of drug-likeness (QED) is 0.681. The molecule has 1 aliphatic carbocycles. The standard InChI is InChI=1S/C13H26N2O/c1-10-6-5-7-12(11(10)2)15-9-4-3-8-13(14)16/h10-12,15H,3-9H2,1-2H3,(H2,14,16). The lowest BCUT2D eigenvalue weighted by atomic mass is 9.78. The van der Waals surface area contributed by atoms with Crippen LogP contribution in [0.3, 0.4) is 0 Å². The second-order valence-corrected chi connectivity index (χ2v) is 5.25. The van der Waals surface area contributed by atoms with Gasteiger partial charge in [0.2, 0.25) is 5.91 Å². The molecule has 0 spiro atoms. The van der Waals surface area contributed by atoms with Gasteiger partial charge >= 0.3 is 0 Å². The molecule has 0 aromatic carbocycles. The Morgan fingerprint density at radius 1 is 1.31 bits per heavy atom. The molecule has 0 aliphatic heterocycles. The molecule has 1 aliphatic rings. The Hall–Kier alpha value is -0.570. The maximum absolute atomic E-state index is 10.6. The second-order valence-electron chi connectivity index (χ2n) is 5.25. The molecule has 16 heavy (non-hydrogen) atoms. The highest BCUT2D eigenvalue weighted by molar-refractivity contribution is 5.73. The average Bonchev–Trinajstić information content (AvgIpc) is 2.23. The van der Waals surface area contributed by atoms with Crippen molar-refractivity contribution in [3.8, 4) is 0 Å². The number of hydrogen-bond donors (Lipinski definition) is 2. The lowest BCUT2D eigenvalue weighted by Gasteiger charge is -2.34. The molecule has 0 heterocycles. The highest BCUT2D eigenvalue weighted by Gasteiger charge is 2.26. The van der Waals surface area contributed by atoms with Gasteiger partial charge in [-0.15, -0.1) is 0 Å². The van der Waals surface area contributed by atoms with Crippen LogP contribution in [0.2, 0.25) is 0 Å². The Morgan fingerprint density at radius 2 is 2.06 bits per heavy atom. The number of rotatable bonds is 6. The van der Waals surface area contributed by atoms with Crippen LogP contribution in [0, 0.1) is 11.8 Å². The van der Waals surface area contributed by atoms with Gasteiger partial charge in [0, 0.05) is 12.5 Å². The first kappa shape index (κ1) is 13.5. The van der Waals surface area contributed by atoms with Crippen LogP contribution < -0.4 is 11.1 Å². The molecule has 3 heteroatoms. The summed E-state index contributed by atoms with van der Waals surface area (Å²) in [6.45, 7) is 5.73. The zero-order valence-electron chi connectivity index (χ0n) is 10.7. The Balaban J connectivity index is 2.10. The summed E-state index contributed by atoms with van der Waals surface area (Å²) >= 11 is 0. The number of carbonyl (C=O) groups excluding carboxylic acids is 1. The molecule has 0 bridgehead atoms. The third-order valence-corrected chi connectivity index (χ3v) is 3.96. The predicted molar refractivity (Wildman–Crippen MR) is 67.0 cm³/mol. The molecule has 0 aromatic heterocycles. The maximum Gasteiger partial charge on any atom is 0.217 e. The van der Waals surface area contributed by atoms with E-state index in [0.29, 0.717) is 12.5 Å². The highest BCUT2D eigenvalue weighted by Crippen LogP contribution is 2.29. The first-order chi connectivity index (χ1) is 7.61. The molecule has 3 nitrogen and oxygen atoms in total. The van der Waals surface area contributed by atoms with Crippen LogP contribution in [-0.2, 0) is 4.79 Å². The molecule has 0 radical (unpaired) electrons. The zero-order chi connectivity index (χ0) is 12.0. The largest absolute Gasteiger partial charge is 0.370 e. The Labute approximate surface area is 99.2 Å². The lowest BCUT2D eigenvalue weighted by Crippen LogP contribution is -2.41. The fraction of sp³-hybridized carbons (Fsp3) is 0.923. The maximum atomic E-state index is 10.6. The van der Waals surface area contributed by atoms with E-state index in [1.807, 2.05) is 0 Å². The summed E-state index contributed by atoms with van der Waals surface area (Å²) in [5, 5.41) is 3.62. The summed E-state index contributed by atoms with van der Waals surface area (Å²) in [6.07, 6.45) is 6.53. The van der Waals surface area contributed by atoms with Gasteiger partial charge in [-0.2, -0.15) is 0 Å². The summed E-state index contributed by atoms with van der Waals surface area (Å²) in [5.41, 5.74) is 5.10. The van der Waals surface area contributed by atoms with Gasteiger partial charge in [0.25, 0.3) is 0 Å². The number of nitrogens with two attached hydrogens (primary N) is 1. The molecule has 1 rings (SSSR count). The minimum atomic E-state index is -0.181. The first-order valence-electron chi connectivity index (χ1n) is 6.63. The summed E-state index contributed by atoms with van der Waals surface area (Å²) in [5.74, 6) is 1.45. The van der Waals surface area contributed by atoms with E-state index in [1.54, 1.807) is 0 Å². The molecule has 1 saturated carbocycles. The average molecular weight is 226 g/mol. The number of nitrogens with one attached hydrogen (secondary N) is 1. The van der Waals surface area contributed by atoms with Crippen LogP contribution >= 0.6 is 0 Å². The number of carbonyl (C=O) groups is 1. The second kappa shape index (κ2) is 6.89. The van der Waals surface area contributed by atoms with Crippen molar-refractivity contribution >= 4 is 5.91 Å². The van der Waals surface area contributed by atoms with Crippen molar-refractivity contribution < 1.29 is 4.79 Å². The molecule has 0 saturated heterocycles. The van der Waals surface area contributed by atoms with Crippen molar-refractivity contribution in [2.75, 3.05) is 6.54 Å². The fourth-order valence-corrected chi connectivity index (χ4v) is 2.58. The SMILES string of the molecule is CC1CCCC(NCCCCC(N)=O)C1C. The molecule has 3 atom stereocenters. The molecular formula is C13H26N2O. The van der Waals surface area contributed by atoms with Crippen LogP contribution in [-0.4, -0.2) is 18.5 Å². The van der Waals surface area contributed by atoms with Gasteiger partial charge in [0.1, 0.15) is 0 Å². The monoisotopic (exact) mass is 226 g/mol. The minimum absolute atomic E-state index is 0.181. The van der Waals surface area contributed by atoms with Gasteiger partial charge in [-0.3, -0.25) is 4.79 Å². The summed E-state index contributed by atoms with van der Waals surface area (Å²) < 4.78 is 0. The van der Waals surface area contributed by atoms with E-state index >= 15 is 0 Å². The van der Waals surface area contributed by atoms with Gasteiger partial charge < -0.3 is 11.1 Å². The van der Waals surface area contributed by atoms with Crippen molar-refractivity contribution in [2.24, 2.45) is 17.6 Å². The van der Waals surface area contributed by atoms with E-state index < -0.39 is 0 Å². The van der Waals surface area contributed by atoms with Crippen LogP contribution in [0.25, 0.3) is 0 Å². The normalized spacial score (nSPS) is 30.2. The van der Waals surface area contributed by atoms with Gasteiger partial charge in [-0.05, 0) is 37.6 Å². The van der Waals surface area contributed by atoms with E-state index in [9.17, 15) is 4.79 Å². The van der Waals surface area contributed by atoms with E-state index in [4.69, 9.17) is 5.73 Å². The summed E-state index contributed by atoms with van der Waals surface area (Å²) in [6, 6.07) is 0.678. The molecule has 3 unspecified atom stereocenters. The number of unbranched alkanes of at least 4 members (excludes halogenated alkanes) is 1. The van der Waals surface area contributed by atoms with Crippen molar-refractivity contribution in [1.29, 1.82) is 0 Å². The van der Waals surface area contributed by atoms with E-state index in [0.717, 1.165) is 31.2 Å². The molecule has 94 valence electrons. The third-order valence-electron chi connectivity index (χ3n) is 3.96.